The van der Waals surface area contributed by atoms with Crippen molar-refractivity contribution in [3.63, 3.8) is 0 Å². The van der Waals surface area contributed by atoms with Gasteiger partial charge in [0, 0.05) is 19.6 Å². The van der Waals surface area contributed by atoms with Gasteiger partial charge in [-0.25, -0.2) is 4.99 Å². The molecule has 1 unspecified atom stereocenters. The molecule has 0 aliphatic carbocycles. The van der Waals surface area contributed by atoms with Crippen LogP contribution in [-0.4, -0.2) is 40.4 Å². The third-order valence-corrected chi connectivity index (χ3v) is 5.05. The smallest absolute Gasteiger partial charge is 0.191 e. The van der Waals surface area contributed by atoms with Gasteiger partial charge in [-0.1, -0.05) is 38.3 Å². The Morgan fingerprint density at radius 3 is 2.53 bits per heavy atom. The quantitative estimate of drug-likeness (QED) is 0.200. The molecule has 1 aromatic heterocycles. The molecule has 2 aromatic rings. The van der Waals surface area contributed by atoms with Crippen molar-refractivity contribution in [2.45, 2.75) is 65.5 Å². The molecule has 0 aliphatic heterocycles. The zero-order valence-corrected chi connectivity index (χ0v) is 21.3. The van der Waals surface area contributed by atoms with Crippen molar-refractivity contribution >= 4 is 29.9 Å². The molecule has 0 saturated carbocycles. The van der Waals surface area contributed by atoms with Crippen LogP contribution in [0.4, 0.5) is 0 Å². The molecule has 0 fully saturated rings. The number of nitrogens with one attached hydrogen (secondary N) is 2. The summed E-state index contributed by atoms with van der Waals surface area (Å²) in [7, 11) is 3.66. The molecular weight excluding hydrogens is 491 g/mol. The van der Waals surface area contributed by atoms with Gasteiger partial charge in [-0.3, -0.25) is 0 Å². The minimum Gasteiger partial charge on any atom is -0.497 e. The Morgan fingerprint density at radius 2 is 1.93 bits per heavy atom. The summed E-state index contributed by atoms with van der Waals surface area (Å²) in [6.45, 7) is 7.69. The Hall–Kier alpha value is -1.84. The zero-order valence-electron chi connectivity index (χ0n) is 18.9. The first-order valence-electron chi connectivity index (χ1n) is 10.6. The molecule has 0 saturated heterocycles. The number of aryl methyl sites for hydroxylation is 1. The number of nitrogens with zero attached hydrogens (tertiary/aromatic N) is 4. The lowest BCUT2D eigenvalue weighted by Gasteiger charge is -2.18. The molecular formula is C22H37IN6O. The summed E-state index contributed by atoms with van der Waals surface area (Å²) < 4.78 is 7.20. The minimum absolute atomic E-state index is 0. The van der Waals surface area contributed by atoms with E-state index in [9.17, 15) is 0 Å². The number of unbranched alkanes of at least 4 members (excludes halogenated alkanes) is 2. The van der Waals surface area contributed by atoms with Crippen molar-refractivity contribution in [3.05, 3.63) is 41.5 Å². The summed E-state index contributed by atoms with van der Waals surface area (Å²) in [6.07, 6.45) is 5.78. The van der Waals surface area contributed by atoms with E-state index in [0.29, 0.717) is 12.6 Å². The number of rotatable bonds is 11. The second-order valence-electron chi connectivity index (χ2n) is 7.45. The molecule has 1 aromatic carbocycles. The third-order valence-electron chi connectivity index (χ3n) is 5.05. The van der Waals surface area contributed by atoms with E-state index >= 15 is 0 Å². The largest absolute Gasteiger partial charge is 0.497 e. The number of aliphatic imine (C=N–C) groups is 1. The highest BCUT2D eigenvalue weighted by molar-refractivity contribution is 14.0. The lowest BCUT2D eigenvalue weighted by molar-refractivity contribution is 0.414. The van der Waals surface area contributed by atoms with Gasteiger partial charge in [-0.2, -0.15) is 0 Å². The zero-order chi connectivity index (χ0) is 21.1. The van der Waals surface area contributed by atoms with Crippen LogP contribution in [0.5, 0.6) is 5.75 Å². The Morgan fingerprint density at radius 1 is 1.20 bits per heavy atom. The monoisotopic (exact) mass is 528 g/mol. The number of halogens is 1. The Bertz CT molecular complexity index is 759. The van der Waals surface area contributed by atoms with Gasteiger partial charge in [-0.15, -0.1) is 34.2 Å². The standard InChI is InChI=1S/C22H36N6O.HI/c1-6-7-8-9-17(2)25-22(24-16-21-27-26-18(3)28(21)4)23-15-14-19-10-12-20(29-5)13-11-19;/h10-13,17H,6-9,14-16H2,1-5H3,(H2,23,24,25);1H. The maximum absolute atomic E-state index is 5.22. The van der Waals surface area contributed by atoms with Gasteiger partial charge in [0.2, 0.25) is 0 Å². The molecule has 30 heavy (non-hydrogen) atoms. The van der Waals surface area contributed by atoms with Crippen molar-refractivity contribution < 1.29 is 4.74 Å². The number of methoxy groups -OCH3 is 1. The van der Waals surface area contributed by atoms with Crippen molar-refractivity contribution in [2.24, 2.45) is 12.0 Å². The summed E-state index contributed by atoms with van der Waals surface area (Å²) in [4.78, 5) is 4.75. The summed E-state index contributed by atoms with van der Waals surface area (Å²) in [5.41, 5.74) is 1.26. The maximum atomic E-state index is 5.22. The molecule has 0 aliphatic rings. The highest BCUT2D eigenvalue weighted by Gasteiger charge is 2.08. The fourth-order valence-electron chi connectivity index (χ4n) is 3.01. The average molecular weight is 528 g/mol. The first-order chi connectivity index (χ1) is 14.0. The lowest BCUT2D eigenvalue weighted by Crippen LogP contribution is -2.43. The molecule has 1 atom stereocenters. The van der Waals surface area contributed by atoms with Gasteiger partial charge in [0.15, 0.2) is 11.8 Å². The van der Waals surface area contributed by atoms with Crippen LogP contribution in [0.3, 0.4) is 0 Å². The summed E-state index contributed by atoms with van der Waals surface area (Å²) in [6, 6.07) is 8.56. The van der Waals surface area contributed by atoms with E-state index in [4.69, 9.17) is 9.73 Å². The fraction of sp³-hybridized carbons (Fsp3) is 0.591. The van der Waals surface area contributed by atoms with Crippen molar-refractivity contribution in [3.8, 4) is 5.75 Å². The van der Waals surface area contributed by atoms with Crippen LogP contribution in [0, 0.1) is 6.92 Å². The van der Waals surface area contributed by atoms with Gasteiger partial charge in [-0.05, 0) is 44.4 Å². The SMILES string of the molecule is CCCCCC(C)NC(=NCc1nnc(C)n1C)NCCc1ccc(OC)cc1.I. The highest BCUT2D eigenvalue weighted by Crippen LogP contribution is 2.11. The fourth-order valence-corrected chi connectivity index (χ4v) is 3.01. The number of ether oxygens (including phenoxy) is 1. The summed E-state index contributed by atoms with van der Waals surface area (Å²) in [5.74, 6) is 3.45. The van der Waals surface area contributed by atoms with Gasteiger partial charge in [0.1, 0.15) is 18.1 Å². The van der Waals surface area contributed by atoms with E-state index < -0.39 is 0 Å². The molecule has 8 heteroatoms. The van der Waals surface area contributed by atoms with Crippen molar-refractivity contribution in [2.75, 3.05) is 13.7 Å². The molecule has 0 spiro atoms. The predicted octanol–water partition coefficient (Wildman–Crippen LogP) is 4.00. The van der Waals surface area contributed by atoms with Crippen LogP contribution in [0.15, 0.2) is 29.3 Å². The van der Waals surface area contributed by atoms with E-state index in [1.807, 2.05) is 30.7 Å². The number of hydrogen-bond donors (Lipinski definition) is 2. The molecule has 1 heterocycles. The second-order valence-corrected chi connectivity index (χ2v) is 7.45. The normalized spacial score (nSPS) is 12.2. The van der Waals surface area contributed by atoms with Crippen molar-refractivity contribution in [1.29, 1.82) is 0 Å². The van der Waals surface area contributed by atoms with Crippen LogP contribution in [0.2, 0.25) is 0 Å². The van der Waals surface area contributed by atoms with Crippen LogP contribution in [0.1, 0.15) is 56.7 Å². The Kier molecular flexibility index (Phi) is 12.4. The molecule has 0 amide bonds. The van der Waals surface area contributed by atoms with E-state index in [-0.39, 0.29) is 24.0 Å². The van der Waals surface area contributed by atoms with Gasteiger partial charge in [0.05, 0.1) is 7.11 Å². The van der Waals surface area contributed by atoms with Crippen LogP contribution < -0.4 is 15.4 Å². The highest BCUT2D eigenvalue weighted by atomic mass is 127. The average Bonchev–Trinajstić information content (AvgIpc) is 3.04. The molecule has 2 N–H and O–H groups in total. The second kappa shape index (κ2) is 14.2. The molecule has 2 rings (SSSR count). The van der Waals surface area contributed by atoms with Crippen LogP contribution in [-0.2, 0) is 20.0 Å². The predicted molar refractivity (Wildman–Crippen MR) is 134 cm³/mol. The molecule has 0 bridgehead atoms. The maximum Gasteiger partial charge on any atom is 0.191 e. The van der Waals surface area contributed by atoms with Crippen LogP contribution in [0.25, 0.3) is 0 Å². The number of guanidine groups is 1. The molecule has 7 nitrogen and oxygen atoms in total. The Labute approximate surface area is 198 Å². The molecule has 0 radical (unpaired) electrons. The first-order valence-corrected chi connectivity index (χ1v) is 10.6. The topological polar surface area (TPSA) is 76.4 Å². The van der Waals surface area contributed by atoms with Gasteiger partial charge in [0.25, 0.3) is 0 Å². The Balaban J connectivity index is 0.00000450. The lowest BCUT2D eigenvalue weighted by atomic mass is 10.1. The number of hydrogen-bond acceptors (Lipinski definition) is 4. The van der Waals surface area contributed by atoms with E-state index in [0.717, 1.165) is 42.7 Å². The minimum atomic E-state index is 0. The first kappa shape index (κ1) is 26.2. The van der Waals surface area contributed by atoms with E-state index in [2.05, 4.69) is 46.8 Å². The molecule has 168 valence electrons. The van der Waals surface area contributed by atoms with E-state index in [1.54, 1.807) is 7.11 Å². The summed E-state index contributed by atoms with van der Waals surface area (Å²) in [5, 5.41) is 15.3. The third kappa shape index (κ3) is 8.89. The van der Waals surface area contributed by atoms with E-state index in [1.165, 1.54) is 24.8 Å². The van der Waals surface area contributed by atoms with Gasteiger partial charge >= 0.3 is 0 Å². The number of benzene rings is 1. The van der Waals surface area contributed by atoms with Gasteiger partial charge < -0.3 is 19.9 Å². The number of aromatic nitrogens is 3. The van der Waals surface area contributed by atoms with Crippen molar-refractivity contribution in [1.82, 2.24) is 25.4 Å². The van der Waals surface area contributed by atoms with Crippen LogP contribution >= 0.6 is 24.0 Å². The summed E-state index contributed by atoms with van der Waals surface area (Å²) >= 11 is 0.